The summed E-state index contributed by atoms with van der Waals surface area (Å²) in [4.78, 5) is 12.5. The number of hydrogen-bond donors (Lipinski definition) is 1. The predicted octanol–water partition coefficient (Wildman–Crippen LogP) is 3.35. The fraction of sp³-hybridized carbons (Fsp3) is 0.235. The van der Waals surface area contributed by atoms with Crippen molar-refractivity contribution in [2.45, 2.75) is 6.92 Å². The van der Waals surface area contributed by atoms with Crippen LogP contribution in [0.15, 0.2) is 42.5 Å². The number of benzene rings is 2. The van der Waals surface area contributed by atoms with Crippen LogP contribution in [0.4, 0.5) is 5.69 Å². The van der Waals surface area contributed by atoms with Crippen molar-refractivity contribution >= 4 is 11.6 Å². The van der Waals surface area contributed by atoms with Gasteiger partial charge in [-0.2, -0.15) is 0 Å². The molecule has 5 nitrogen and oxygen atoms in total. The summed E-state index contributed by atoms with van der Waals surface area (Å²) in [5.41, 5.74) is 1.01. The molecule has 0 unspecified atom stereocenters. The van der Waals surface area contributed by atoms with Gasteiger partial charge in [0.2, 0.25) is 0 Å². The molecular formula is C17H19NO4. The molecule has 0 aromatic heterocycles. The van der Waals surface area contributed by atoms with Crippen LogP contribution in [0.5, 0.6) is 17.2 Å². The lowest BCUT2D eigenvalue weighted by Crippen LogP contribution is -2.14. The van der Waals surface area contributed by atoms with Crippen LogP contribution in [0.2, 0.25) is 0 Å². The van der Waals surface area contributed by atoms with Crippen molar-refractivity contribution in [2.75, 3.05) is 26.1 Å². The van der Waals surface area contributed by atoms with Crippen molar-refractivity contribution in [1.82, 2.24) is 0 Å². The van der Waals surface area contributed by atoms with E-state index in [9.17, 15) is 4.79 Å². The molecule has 1 N–H and O–H groups in total. The number of hydrogen-bond acceptors (Lipinski definition) is 4. The first-order valence-electron chi connectivity index (χ1n) is 6.95. The zero-order valence-electron chi connectivity index (χ0n) is 12.9. The van der Waals surface area contributed by atoms with Crippen molar-refractivity contribution in [3.05, 3.63) is 48.0 Å². The van der Waals surface area contributed by atoms with E-state index in [2.05, 4.69) is 5.32 Å². The molecular weight excluding hydrogens is 282 g/mol. The summed E-state index contributed by atoms with van der Waals surface area (Å²) in [6.07, 6.45) is 0. The molecule has 5 heteroatoms. The maximum atomic E-state index is 12.5. The second kappa shape index (κ2) is 7.36. The van der Waals surface area contributed by atoms with Crippen molar-refractivity contribution < 1.29 is 19.0 Å². The lowest BCUT2D eigenvalue weighted by Gasteiger charge is -2.14. The third kappa shape index (κ3) is 3.31. The number of methoxy groups -OCH3 is 2. The van der Waals surface area contributed by atoms with Gasteiger partial charge in [-0.3, -0.25) is 4.79 Å². The van der Waals surface area contributed by atoms with Gasteiger partial charge >= 0.3 is 0 Å². The zero-order chi connectivity index (χ0) is 15.9. The average Bonchev–Trinajstić information content (AvgIpc) is 2.55. The van der Waals surface area contributed by atoms with Crippen LogP contribution < -0.4 is 19.5 Å². The van der Waals surface area contributed by atoms with Gasteiger partial charge in [-0.05, 0) is 31.2 Å². The maximum Gasteiger partial charge on any atom is 0.259 e. The summed E-state index contributed by atoms with van der Waals surface area (Å²) >= 11 is 0. The van der Waals surface area contributed by atoms with E-state index >= 15 is 0 Å². The summed E-state index contributed by atoms with van der Waals surface area (Å²) in [5, 5.41) is 2.84. The first kappa shape index (κ1) is 15.7. The molecule has 0 spiro atoms. The first-order chi connectivity index (χ1) is 10.7. The number of carbonyl (C=O) groups is 1. The second-order valence-corrected chi connectivity index (χ2v) is 4.42. The van der Waals surface area contributed by atoms with Crippen LogP contribution in [-0.2, 0) is 0 Å². The minimum atomic E-state index is -0.289. The zero-order valence-corrected chi connectivity index (χ0v) is 12.9. The minimum Gasteiger partial charge on any atom is -0.493 e. The maximum absolute atomic E-state index is 12.5. The highest BCUT2D eigenvalue weighted by atomic mass is 16.5. The highest BCUT2D eigenvalue weighted by Crippen LogP contribution is 2.32. The van der Waals surface area contributed by atoms with E-state index in [1.54, 1.807) is 24.3 Å². The van der Waals surface area contributed by atoms with Crippen LogP contribution in [0, 0.1) is 0 Å². The standard InChI is InChI=1S/C17H19NO4/c1-4-22-14-10-6-5-9-13(14)18-17(19)12-8-7-11-15(20-2)16(12)21-3/h5-11H,4H2,1-3H3,(H,18,19). The summed E-state index contributed by atoms with van der Waals surface area (Å²) in [5.74, 6) is 1.24. The quantitative estimate of drug-likeness (QED) is 0.889. The Labute approximate surface area is 129 Å². The van der Waals surface area contributed by atoms with Crippen molar-refractivity contribution in [2.24, 2.45) is 0 Å². The van der Waals surface area contributed by atoms with Gasteiger partial charge in [-0.1, -0.05) is 18.2 Å². The monoisotopic (exact) mass is 301 g/mol. The van der Waals surface area contributed by atoms with Gasteiger partial charge in [0.05, 0.1) is 32.1 Å². The van der Waals surface area contributed by atoms with Crippen LogP contribution in [0.1, 0.15) is 17.3 Å². The molecule has 0 saturated carbocycles. The summed E-state index contributed by atoms with van der Waals surface area (Å²) in [6.45, 7) is 2.42. The highest BCUT2D eigenvalue weighted by Gasteiger charge is 2.17. The summed E-state index contributed by atoms with van der Waals surface area (Å²) in [7, 11) is 3.03. The lowest BCUT2D eigenvalue weighted by molar-refractivity contribution is 0.102. The normalized spacial score (nSPS) is 9.95. The number of rotatable bonds is 6. The Hall–Kier alpha value is -2.69. The molecule has 2 aromatic rings. The molecule has 2 rings (SSSR count). The van der Waals surface area contributed by atoms with Crippen molar-refractivity contribution in [1.29, 1.82) is 0 Å². The van der Waals surface area contributed by atoms with Gasteiger partial charge in [0.25, 0.3) is 5.91 Å². The van der Waals surface area contributed by atoms with Gasteiger partial charge < -0.3 is 19.5 Å². The molecule has 0 aliphatic heterocycles. The van der Waals surface area contributed by atoms with Gasteiger partial charge in [-0.15, -0.1) is 0 Å². The molecule has 116 valence electrons. The van der Waals surface area contributed by atoms with E-state index in [4.69, 9.17) is 14.2 Å². The van der Waals surface area contributed by atoms with Gasteiger partial charge in [0.1, 0.15) is 5.75 Å². The molecule has 2 aromatic carbocycles. The predicted molar refractivity (Wildman–Crippen MR) is 85.1 cm³/mol. The van der Waals surface area contributed by atoms with E-state index < -0.39 is 0 Å². The summed E-state index contributed by atoms with van der Waals surface area (Å²) in [6, 6.07) is 12.4. The first-order valence-corrected chi connectivity index (χ1v) is 6.95. The Morgan fingerprint density at radius 1 is 1.00 bits per heavy atom. The van der Waals surface area contributed by atoms with Crippen LogP contribution in [0.25, 0.3) is 0 Å². The largest absolute Gasteiger partial charge is 0.493 e. The number of anilines is 1. The Bertz CT molecular complexity index is 655. The lowest BCUT2D eigenvalue weighted by atomic mass is 10.1. The average molecular weight is 301 g/mol. The third-order valence-corrected chi connectivity index (χ3v) is 3.08. The molecule has 0 heterocycles. The number of nitrogens with one attached hydrogen (secondary N) is 1. The van der Waals surface area contributed by atoms with Gasteiger partial charge in [-0.25, -0.2) is 0 Å². The molecule has 0 bridgehead atoms. The molecule has 0 saturated heterocycles. The Morgan fingerprint density at radius 3 is 2.41 bits per heavy atom. The van der Waals surface area contributed by atoms with Crippen molar-refractivity contribution in [3.8, 4) is 17.2 Å². The Balaban J connectivity index is 2.30. The number of para-hydroxylation sites is 3. The fourth-order valence-corrected chi connectivity index (χ4v) is 2.11. The Kier molecular flexibility index (Phi) is 5.25. The molecule has 0 aliphatic rings. The second-order valence-electron chi connectivity index (χ2n) is 4.42. The van der Waals surface area contributed by atoms with Crippen LogP contribution in [-0.4, -0.2) is 26.7 Å². The molecule has 0 aliphatic carbocycles. The highest BCUT2D eigenvalue weighted by molar-refractivity contribution is 6.07. The number of ether oxygens (including phenoxy) is 3. The summed E-state index contributed by atoms with van der Waals surface area (Å²) < 4.78 is 16.0. The molecule has 1 amide bonds. The molecule has 0 radical (unpaired) electrons. The molecule has 0 atom stereocenters. The van der Waals surface area contributed by atoms with Crippen LogP contribution >= 0.6 is 0 Å². The third-order valence-electron chi connectivity index (χ3n) is 3.08. The van der Waals surface area contributed by atoms with E-state index in [1.165, 1.54) is 14.2 Å². The van der Waals surface area contributed by atoms with E-state index in [1.807, 2.05) is 25.1 Å². The van der Waals surface area contributed by atoms with E-state index in [0.717, 1.165) is 0 Å². The number of carbonyl (C=O) groups excluding carboxylic acids is 1. The van der Waals surface area contributed by atoms with E-state index in [-0.39, 0.29) is 5.91 Å². The topological polar surface area (TPSA) is 56.8 Å². The Morgan fingerprint density at radius 2 is 1.73 bits per heavy atom. The SMILES string of the molecule is CCOc1ccccc1NC(=O)c1cccc(OC)c1OC. The van der Waals surface area contributed by atoms with Gasteiger partial charge in [0, 0.05) is 0 Å². The molecule has 0 fully saturated rings. The minimum absolute atomic E-state index is 0.289. The van der Waals surface area contributed by atoms with Crippen molar-refractivity contribution in [3.63, 3.8) is 0 Å². The van der Waals surface area contributed by atoms with Crippen LogP contribution in [0.3, 0.4) is 0 Å². The van der Waals surface area contributed by atoms with Gasteiger partial charge in [0.15, 0.2) is 11.5 Å². The molecule has 22 heavy (non-hydrogen) atoms. The number of amides is 1. The fourth-order valence-electron chi connectivity index (χ4n) is 2.11. The smallest absolute Gasteiger partial charge is 0.259 e. The van der Waals surface area contributed by atoms with E-state index in [0.29, 0.717) is 35.1 Å².